The molecule has 148 valence electrons. The molecule has 1 aromatic rings. The van der Waals surface area contributed by atoms with Crippen LogP contribution in [-0.2, 0) is 24.3 Å². The molecule has 0 aliphatic carbocycles. The van der Waals surface area contributed by atoms with E-state index in [0.29, 0.717) is 25.6 Å². The molecule has 0 fully saturated rings. The van der Waals surface area contributed by atoms with Crippen molar-refractivity contribution < 1.29 is 27.4 Å². The number of carbonyl (C=O) groups is 1. The molecule has 1 atom stereocenters. The lowest BCUT2D eigenvalue weighted by Gasteiger charge is -2.21. The summed E-state index contributed by atoms with van der Waals surface area (Å²) < 4.78 is 42.7. The first-order valence-electron chi connectivity index (χ1n) is 8.32. The van der Waals surface area contributed by atoms with Gasteiger partial charge in [-0.05, 0) is 30.2 Å². The van der Waals surface area contributed by atoms with Crippen LogP contribution in [0.2, 0.25) is 0 Å². The van der Waals surface area contributed by atoms with E-state index >= 15 is 0 Å². The van der Waals surface area contributed by atoms with E-state index in [4.69, 9.17) is 14.2 Å². The van der Waals surface area contributed by atoms with Crippen LogP contribution in [0.3, 0.4) is 0 Å². The van der Waals surface area contributed by atoms with Gasteiger partial charge in [-0.3, -0.25) is 4.79 Å². The summed E-state index contributed by atoms with van der Waals surface area (Å²) in [5, 5.41) is 2.68. The van der Waals surface area contributed by atoms with Crippen LogP contribution in [0.5, 0.6) is 5.75 Å². The van der Waals surface area contributed by atoms with Gasteiger partial charge >= 0.3 is 0 Å². The highest BCUT2D eigenvalue weighted by atomic mass is 32.2. The van der Waals surface area contributed by atoms with E-state index in [-0.39, 0.29) is 17.4 Å². The summed E-state index contributed by atoms with van der Waals surface area (Å²) in [6, 6.07) is 5.08. The summed E-state index contributed by atoms with van der Waals surface area (Å²) in [6.45, 7) is 5.07. The summed E-state index contributed by atoms with van der Waals surface area (Å²) in [5.74, 6) is -0.0690. The van der Waals surface area contributed by atoms with Crippen molar-refractivity contribution in [2.45, 2.75) is 24.8 Å². The van der Waals surface area contributed by atoms with Gasteiger partial charge in [-0.1, -0.05) is 13.8 Å². The smallest absolute Gasteiger partial charge is 0.241 e. The molecule has 0 aliphatic heterocycles. The minimum atomic E-state index is -3.83. The fourth-order valence-electron chi connectivity index (χ4n) is 2.08. The number of carbonyl (C=O) groups excluding carboxylic acids is 1. The Morgan fingerprint density at radius 3 is 2.27 bits per heavy atom. The van der Waals surface area contributed by atoms with Gasteiger partial charge in [0.15, 0.2) is 0 Å². The van der Waals surface area contributed by atoms with Crippen molar-refractivity contribution in [3.8, 4) is 5.75 Å². The lowest BCUT2D eigenvalue weighted by atomic mass is 10.1. The Hall–Kier alpha value is -1.68. The standard InChI is InChI=1S/C17H28N2O6S/c1-13(2)16(17(20)18-9-10-25-12-11-23-3)19-26(21,22)15-7-5-14(24-4)6-8-15/h5-8,13,16,19H,9-12H2,1-4H3,(H,18,20)/t16-/m0/s1. The van der Waals surface area contributed by atoms with E-state index in [9.17, 15) is 13.2 Å². The second-order valence-electron chi connectivity index (χ2n) is 5.91. The summed E-state index contributed by atoms with van der Waals surface area (Å²) in [6.07, 6.45) is 0. The Morgan fingerprint density at radius 1 is 1.08 bits per heavy atom. The van der Waals surface area contributed by atoms with Gasteiger partial charge in [-0.2, -0.15) is 4.72 Å². The fraction of sp³-hybridized carbons (Fsp3) is 0.588. The quantitative estimate of drug-likeness (QED) is 0.513. The molecule has 0 unspecified atom stereocenters. The second kappa shape index (κ2) is 11.1. The SMILES string of the molecule is COCCOCCNC(=O)[C@@H](NS(=O)(=O)c1ccc(OC)cc1)C(C)C. The Labute approximate surface area is 155 Å². The van der Waals surface area contributed by atoms with Gasteiger partial charge in [-0.15, -0.1) is 0 Å². The maximum atomic E-state index is 12.5. The third kappa shape index (κ3) is 7.28. The predicted molar refractivity (Wildman–Crippen MR) is 97.6 cm³/mol. The third-order valence-electron chi connectivity index (χ3n) is 3.58. The Bertz CT molecular complexity index is 646. The average molecular weight is 388 g/mol. The van der Waals surface area contributed by atoms with Crippen LogP contribution in [0.1, 0.15) is 13.8 Å². The predicted octanol–water partition coefficient (Wildman–Crippen LogP) is 0.777. The molecule has 1 rings (SSSR count). The van der Waals surface area contributed by atoms with E-state index in [1.165, 1.54) is 19.2 Å². The topological polar surface area (TPSA) is 103 Å². The van der Waals surface area contributed by atoms with E-state index in [1.807, 2.05) is 0 Å². The first-order chi connectivity index (χ1) is 12.3. The lowest BCUT2D eigenvalue weighted by molar-refractivity contribution is -0.123. The van der Waals surface area contributed by atoms with Crippen LogP contribution in [0.25, 0.3) is 0 Å². The molecule has 9 heteroatoms. The number of rotatable bonds is 12. The van der Waals surface area contributed by atoms with Gasteiger partial charge in [0.25, 0.3) is 0 Å². The number of amides is 1. The van der Waals surface area contributed by atoms with Gasteiger partial charge < -0.3 is 19.5 Å². The number of methoxy groups -OCH3 is 2. The van der Waals surface area contributed by atoms with Crippen LogP contribution in [0, 0.1) is 5.92 Å². The number of sulfonamides is 1. The molecular formula is C17H28N2O6S. The van der Waals surface area contributed by atoms with Gasteiger partial charge in [0.2, 0.25) is 15.9 Å². The van der Waals surface area contributed by atoms with Gasteiger partial charge in [0, 0.05) is 13.7 Å². The van der Waals surface area contributed by atoms with Crippen molar-refractivity contribution in [3.05, 3.63) is 24.3 Å². The normalized spacial score (nSPS) is 12.8. The van der Waals surface area contributed by atoms with Gasteiger partial charge in [0.1, 0.15) is 11.8 Å². The first kappa shape index (κ1) is 22.4. The number of nitrogens with one attached hydrogen (secondary N) is 2. The molecule has 0 heterocycles. The molecule has 2 N–H and O–H groups in total. The number of benzene rings is 1. The first-order valence-corrected chi connectivity index (χ1v) is 9.81. The highest BCUT2D eigenvalue weighted by molar-refractivity contribution is 7.89. The minimum absolute atomic E-state index is 0.0691. The van der Waals surface area contributed by atoms with Crippen LogP contribution in [0.4, 0.5) is 0 Å². The summed E-state index contributed by atoms with van der Waals surface area (Å²) in [5.41, 5.74) is 0. The molecule has 0 radical (unpaired) electrons. The molecule has 1 amide bonds. The zero-order valence-corrected chi connectivity index (χ0v) is 16.5. The molecule has 1 aromatic carbocycles. The molecule has 0 aliphatic rings. The average Bonchev–Trinajstić information content (AvgIpc) is 2.62. The lowest BCUT2D eigenvalue weighted by Crippen LogP contribution is -2.50. The number of hydrogen-bond acceptors (Lipinski definition) is 6. The van der Waals surface area contributed by atoms with Crippen molar-refractivity contribution in [1.82, 2.24) is 10.0 Å². The maximum Gasteiger partial charge on any atom is 0.241 e. The monoisotopic (exact) mass is 388 g/mol. The molecule has 0 saturated carbocycles. The molecule has 26 heavy (non-hydrogen) atoms. The number of ether oxygens (including phenoxy) is 3. The summed E-state index contributed by atoms with van der Waals surface area (Å²) in [4.78, 5) is 12.4. The van der Waals surface area contributed by atoms with Crippen molar-refractivity contribution in [3.63, 3.8) is 0 Å². The summed E-state index contributed by atoms with van der Waals surface area (Å²) >= 11 is 0. The molecular weight excluding hydrogens is 360 g/mol. The molecule has 8 nitrogen and oxygen atoms in total. The second-order valence-corrected chi connectivity index (χ2v) is 7.63. The minimum Gasteiger partial charge on any atom is -0.497 e. The molecule has 0 aromatic heterocycles. The zero-order valence-electron chi connectivity index (χ0n) is 15.7. The molecule has 0 spiro atoms. The Morgan fingerprint density at radius 2 is 1.73 bits per heavy atom. The van der Waals surface area contributed by atoms with Crippen molar-refractivity contribution in [1.29, 1.82) is 0 Å². The number of hydrogen-bond donors (Lipinski definition) is 2. The third-order valence-corrected chi connectivity index (χ3v) is 5.04. The maximum absolute atomic E-state index is 12.5. The van der Waals surface area contributed by atoms with E-state index < -0.39 is 22.0 Å². The van der Waals surface area contributed by atoms with Crippen molar-refractivity contribution in [2.24, 2.45) is 5.92 Å². The zero-order chi connectivity index (χ0) is 19.6. The molecule has 0 saturated heterocycles. The van der Waals surface area contributed by atoms with Crippen LogP contribution in [0.15, 0.2) is 29.2 Å². The Balaban J connectivity index is 2.66. The van der Waals surface area contributed by atoms with Crippen LogP contribution in [-0.4, -0.2) is 61.0 Å². The highest BCUT2D eigenvalue weighted by Gasteiger charge is 2.28. The van der Waals surface area contributed by atoms with Crippen LogP contribution < -0.4 is 14.8 Å². The van der Waals surface area contributed by atoms with Gasteiger partial charge in [0.05, 0.1) is 31.8 Å². The van der Waals surface area contributed by atoms with Gasteiger partial charge in [-0.25, -0.2) is 8.42 Å². The molecule has 0 bridgehead atoms. The van der Waals surface area contributed by atoms with Crippen molar-refractivity contribution >= 4 is 15.9 Å². The van der Waals surface area contributed by atoms with E-state index in [0.717, 1.165) is 0 Å². The fourth-order valence-corrected chi connectivity index (χ4v) is 3.43. The van der Waals surface area contributed by atoms with E-state index in [2.05, 4.69) is 10.0 Å². The highest BCUT2D eigenvalue weighted by Crippen LogP contribution is 2.16. The van der Waals surface area contributed by atoms with Crippen LogP contribution >= 0.6 is 0 Å². The summed E-state index contributed by atoms with van der Waals surface area (Å²) in [7, 11) is -0.755. The van der Waals surface area contributed by atoms with Crippen molar-refractivity contribution in [2.75, 3.05) is 40.6 Å². The van der Waals surface area contributed by atoms with E-state index in [1.54, 1.807) is 33.1 Å². The Kier molecular flexibility index (Phi) is 9.57. The largest absolute Gasteiger partial charge is 0.497 e.